The highest BCUT2D eigenvalue weighted by molar-refractivity contribution is 7.07. The van der Waals surface area contributed by atoms with Gasteiger partial charge < -0.3 is 13.9 Å². The Labute approximate surface area is 156 Å². The number of furan rings is 1. The summed E-state index contributed by atoms with van der Waals surface area (Å²) >= 11 is 1.53. The zero-order valence-electron chi connectivity index (χ0n) is 15.2. The largest absolute Gasteiger partial charge is 0.497 e. The third-order valence-corrected chi connectivity index (χ3v) is 4.58. The van der Waals surface area contributed by atoms with Crippen LogP contribution in [-0.2, 0) is 0 Å². The van der Waals surface area contributed by atoms with Crippen molar-refractivity contribution < 1.29 is 13.9 Å². The van der Waals surface area contributed by atoms with Crippen molar-refractivity contribution in [1.29, 1.82) is 0 Å². The highest BCUT2D eigenvalue weighted by atomic mass is 32.1. The molecule has 0 aliphatic rings. The minimum absolute atomic E-state index is 0.676. The van der Waals surface area contributed by atoms with Crippen LogP contribution in [0.4, 0.5) is 0 Å². The summed E-state index contributed by atoms with van der Waals surface area (Å²) in [6.07, 6.45) is 1.69. The summed E-state index contributed by atoms with van der Waals surface area (Å²) in [6, 6.07) is 9.50. The van der Waals surface area contributed by atoms with Crippen molar-refractivity contribution in [3.8, 4) is 22.8 Å². The van der Waals surface area contributed by atoms with E-state index in [2.05, 4.69) is 10.1 Å². The molecule has 6 nitrogen and oxygen atoms in total. The van der Waals surface area contributed by atoms with Gasteiger partial charge in [-0.25, -0.2) is 4.68 Å². The van der Waals surface area contributed by atoms with Gasteiger partial charge >= 0.3 is 0 Å². The predicted molar refractivity (Wildman–Crippen MR) is 103 cm³/mol. The van der Waals surface area contributed by atoms with E-state index in [-0.39, 0.29) is 0 Å². The van der Waals surface area contributed by atoms with Crippen LogP contribution in [0.15, 0.2) is 50.2 Å². The number of methoxy groups -OCH3 is 2. The van der Waals surface area contributed by atoms with E-state index >= 15 is 0 Å². The van der Waals surface area contributed by atoms with Gasteiger partial charge in [-0.3, -0.25) is 4.99 Å². The van der Waals surface area contributed by atoms with Crippen LogP contribution in [-0.4, -0.2) is 31.7 Å². The molecule has 0 N–H and O–H groups in total. The number of aromatic nitrogens is 1. The van der Waals surface area contributed by atoms with Gasteiger partial charge in [0.25, 0.3) is 0 Å². The molecular formula is C19H21N3O3S. The average molecular weight is 371 g/mol. The van der Waals surface area contributed by atoms with E-state index in [0.29, 0.717) is 18.1 Å². The van der Waals surface area contributed by atoms with Gasteiger partial charge in [0.1, 0.15) is 23.0 Å². The summed E-state index contributed by atoms with van der Waals surface area (Å²) < 4.78 is 18.2. The van der Waals surface area contributed by atoms with E-state index in [4.69, 9.17) is 13.9 Å². The van der Waals surface area contributed by atoms with Crippen LogP contribution in [0.5, 0.6) is 11.5 Å². The zero-order valence-corrected chi connectivity index (χ0v) is 16.0. The lowest BCUT2D eigenvalue weighted by Crippen LogP contribution is -2.12. The fourth-order valence-corrected chi connectivity index (χ4v) is 3.38. The number of thiazole rings is 1. The van der Waals surface area contributed by atoms with Crippen molar-refractivity contribution >= 4 is 17.6 Å². The first-order chi connectivity index (χ1) is 12.7. The van der Waals surface area contributed by atoms with Crippen molar-refractivity contribution in [3.63, 3.8) is 0 Å². The van der Waals surface area contributed by atoms with Gasteiger partial charge in [0, 0.05) is 23.6 Å². The van der Waals surface area contributed by atoms with Gasteiger partial charge in [0.15, 0.2) is 0 Å². The lowest BCUT2D eigenvalue weighted by molar-refractivity contribution is 0.395. The standard InChI is InChI=1S/C19H21N3O3S/c1-5-20-19-22(21-11-15-7-6-13(2)25-15)17(12-26-19)16-9-8-14(23-3)10-18(16)24-4/h6-12H,5H2,1-4H3. The van der Waals surface area contributed by atoms with E-state index in [9.17, 15) is 0 Å². The highest BCUT2D eigenvalue weighted by Gasteiger charge is 2.13. The Morgan fingerprint density at radius 3 is 2.69 bits per heavy atom. The Bertz CT molecular complexity index is 982. The molecule has 0 atom stereocenters. The van der Waals surface area contributed by atoms with Crippen molar-refractivity contribution in [2.24, 2.45) is 10.1 Å². The number of ether oxygens (including phenoxy) is 2. The predicted octanol–water partition coefficient (Wildman–Crippen LogP) is 3.94. The third kappa shape index (κ3) is 3.72. The van der Waals surface area contributed by atoms with Crippen molar-refractivity contribution in [2.45, 2.75) is 13.8 Å². The number of benzene rings is 1. The van der Waals surface area contributed by atoms with Crippen LogP contribution in [0.3, 0.4) is 0 Å². The second kappa shape index (κ2) is 8.05. The topological polar surface area (TPSA) is 61.2 Å². The fourth-order valence-electron chi connectivity index (χ4n) is 2.49. The molecule has 0 radical (unpaired) electrons. The molecule has 26 heavy (non-hydrogen) atoms. The Morgan fingerprint density at radius 2 is 2.04 bits per heavy atom. The van der Waals surface area contributed by atoms with Gasteiger partial charge in [0.05, 0.1) is 26.1 Å². The number of aryl methyl sites for hydroxylation is 1. The van der Waals surface area contributed by atoms with Crippen LogP contribution in [0.2, 0.25) is 0 Å². The molecule has 3 rings (SSSR count). The van der Waals surface area contributed by atoms with Crippen LogP contribution >= 0.6 is 11.3 Å². The molecule has 2 aromatic heterocycles. The van der Waals surface area contributed by atoms with Gasteiger partial charge in [0.2, 0.25) is 4.80 Å². The van der Waals surface area contributed by atoms with Crippen LogP contribution < -0.4 is 14.3 Å². The summed E-state index contributed by atoms with van der Waals surface area (Å²) in [4.78, 5) is 5.34. The molecule has 0 aliphatic carbocycles. The Morgan fingerprint density at radius 1 is 1.19 bits per heavy atom. The Kier molecular flexibility index (Phi) is 5.58. The summed E-state index contributed by atoms with van der Waals surface area (Å²) in [7, 11) is 3.27. The van der Waals surface area contributed by atoms with Gasteiger partial charge in [-0.15, -0.1) is 11.3 Å². The molecule has 0 unspecified atom stereocenters. The summed E-state index contributed by atoms with van der Waals surface area (Å²) in [5.74, 6) is 2.98. The SMILES string of the molecule is CCN=c1scc(-c2ccc(OC)cc2OC)n1N=Cc1ccc(C)o1. The molecule has 2 heterocycles. The number of hydrogen-bond donors (Lipinski definition) is 0. The lowest BCUT2D eigenvalue weighted by atomic mass is 10.1. The Balaban J connectivity index is 2.11. The average Bonchev–Trinajstić information content (AvgIpc) is 3.25. The lowest BCUT2D eigenvalue weighted by Gasteiger charge is -2.10. The molecule has 0 aliphatic heterocycles. The van der Waals surface area contributed by atoms with Crippen LogP contribution in [0.25, 0.3) is 11.3 Å². The normalized spacial score (nSPS) is 12.1. The summed E-state index contributed by atoms with van der Waals surface area (Å²) in [5, 5.41) is 6.61. The van der Waals surface area contributed by atoms with E-state index in [1.807, 2.05) is 49.6 Å². The number of hydrogen-bond acceptors (Lipinski definition) is 6. The van der Waals surface area contributed by atoms with Crippen molar-refractivity contribution in [2.75, 3.05) is 20.8 Å². The van der Waals surface area contributed by atoms with Crippen LogP contribution in [0.1, 0.15) is 18.4 Å². The van der Waals surface area contributed by atoms with Gasteiger partial charge in [-0.1, -0.05) is 0 Å². The molecule has 0 spiro atoms. The maximum Gasteiger partial charge on any atom is 0.206 e. The smallest absolute Gasteiger partial charge is 0.206 e. The maximum atomic E-state index is 5.57. The van der Waals surface area contributed by atoms with Gasteiger partial charge in [-0.05, 0) is 38.1 Å². The molecule has 0 saturated heterocycles. The molecule has 0 amide bonds. The summed E-state index contributed by atoms with van der Waals surface area (Å²) in [6.45, 7) is 4.58. The molecule has 0 fully saturated rings. The zero-order chi connectivity index (χ0) is 18.5. The van der Waals surface area contributed by atoms with E-state index in [1.165, 1.54) is 11.3 Å². The highest BCUT2D eigenvalue weighted by Crippen LogP contribution is 2.33. The Hall–Kier alpha value is -2.80. The van der Waals surface area contributed by atoms with Gasteiger partial charge in [-0.2, -0.15) is 5.10 Å². The number of rotatable bonds is 6. The monoisotopic (exact) mass is 371 g/mol. The first-order valence-electron chi connectivity index (χ1n) is 8.20. The molecule has 7 heteroatoms. The number of nitrogens with zero attached hydrogens (tertiary/aromatic N) is 3. The molecule has 136 valence electrons. The van der Waals surface area contributed by atoms with E-state index < -0.39 is 0 Å². The minimum atomic E-state index is 0.676. The molecule has 0 bridgehead atoms. The molecular weight excluding hydrogens is 350 g/mol. The molecule has 1 aromatic carbocycles. The fraction of sp³-hybridized carbons (Fsp3) is 0.263. The first-order valence-corrected chi connectivity index (χ1v) is 9.08. The maximum absolute atomic E-state index is 5.57. The van der Waals surface area contributed by atoms with E-state index in [1.54, 1.807) is 25.1 Å². The minimum Gasteiger partial charge on any atom is -0.497 e. The van der Waals surface area contributed by atoms with Crippen molar-refractivity contribution in [3.05, 3.63) is 52.0 Å². The van der Waals surface area contributed by atoms with Crippen LogP contribution in [0, 0.1) is 6.92 Å². The second-order valence-electron chi connectivity index (χ2n) is 5.45. The quantitative estimate of drug-likeness (QED) is 0.617. The second-order valence-corrected chi connectivity index (χ2v) is 6.29. The summed E-state index contributed by atoms with van der Waals surface area (Å²) in [5.41, 5.74) is 1.80. The van der Waals surface area contributed by atoms with E-state index in [0.717, 1.165) is 27.6 Å². The molecule has 3 aromatic rings. The third-order valence-electron chi connectivity index (χ3n) is 3.72. The molecule has 0 saturated carbocycles. The van der Waals surface area contributed by atoms with Crippen molar-refractivity contribution in [1.82, 2.24) is 4.68 Å². The first kappa shape index (κ1) is 18.0.